The molecule has 28 heavy (non-hydrogen) atoms. The van der Waals surface area contributed by atoms with E-state index in [1.165, 1.54) is 0 Å². The summed E-state index contributed by atoms with van der Waals surface area (Å²) in [4.78, 5) is 31.1. The van der Waals surface area contributed by atoms with Crippen molar-refractivity contribution in [3.63, 3.8) is 0 Å². The van der Waals surface area contributed by atoms with E-state index in [-0.39, 0.29) is 25.6 Å². The zero-order valence-corrected chi connectivity index (χ0v) is 15.5. The van der Waals surface area contributed by atoms with Gasteiger partial charge in [-0.1, -0.05) is 6.07 Å². The number of carbonyl (C=O) groups excluding carboxylic acids is 2. The Labute approximate surface area is 160 Å². The van der Waals surface area contributed by atoms with Gasteiger partial charge in [-0.05, 0) is 18.6 Å². The molecule has 2 aliphatic rings. The minimum absolute atomic E-state index is 0.139. The van der Waals surface area contributed by atoms with Crippen LogP contribution < -0.4 is 10.2 Å². The lowest BCUT2D eigenvalue weighted by Gasteiger charge is -2.32. The number of nitrogens with one attached hydrogen (secondary N) is 1. The van der Waals surface area contributed by atoms with E-state index < -0.39 is 30.5 Å². The summed E-state index contributed by atoms with van der Waals surface area (Å²) in [6.45, 7) is 2.84. The van der Waals surface area contributed by atoms with Crippen molar-refractivity contribution in [2.24, 2.45) is 5.92 Å². The van der Waals surface area contributed by atoms with Crippen LogP contribution >= 0.6 is 0 Å². The third-order valence-corrected chi connectivity index (χ3v) is 4.80. The van der Waals surface area contributed by atoms with Crippen LogP contribution in [0.2, 0.25) is 0 Å². The topological polar surface area (TPSA) is 74.8 Å². The number of anilines is 1. The van der Waals surface area contributed by atoms with Gasteiger partial charge in [-0.3, -0.25) is 9.59 Å². The molecule has 7 nitrogen and oxygen atoms in total. The fourth-order valence-electron chi connectivity index (χ4n) is 3.39. The van der Waals surface area contributed by atoms with Crippen LogP contribution in [-0.4, -0.2) is 66.8 Å². The van der Waals surface area contributed by atoms with E-state index in [0.717, 1.165) is 24.5 Å². The van der Waals surface area contributed by atoms with E-state index in [4.69, 9.17) is 4.74 Å². The van der Waals surface area contributed by atoms with Crippen LogP contribution in [0.3, 0.4) is 0 Å². The summed E-state index contributed by atoms with van der Waals surface area (Å²) in [5, 5.41) is 2.68. The zero-order chi connectivity index (χ0) is 20.3. The number of likely N-dealkylation sites (tertiary alicyclic amines) is 1. The largest absolute Gasteiger partial charge is 0.406 e. The van der Waals surface area contributed by atoms with E-state index in [1.807, 2.05) is 19.1 Å². The highest BCUT2D eigenvalue weighted by Crippen LogP contribution is 2.24. The standard InChI is InChI=1S/C18H23F3N4O3/c1-12-9-24(4-5-28-12)15-3-2-13(7-22-15)8-23-17(27)14-6-16(26)25(10-14)11-18(19,20)21/h2-3,7,12,14H,4-6,8-11H2,1H3,(H,23,27). The number of rotatable bonds is 5. The van der Waals surface area contributed by atoms with Gasteiger partial charge in [-0.2, -0.15) is 13.2 Å². The highest BCUT2D eigenvalue weighted by atomic mass is 19.4. The minimum atomic E-state index is -4.47. The lowest BCUT2D eigenvalue weighted by molar-refractivity contribution is -0.157. The van der Waals surface area contributed by atoms with Crippen molar-refractivity contribution in [2.45, 2.75) is 32.2 Å². The summed E-state index contributed by atoms with van der Waals surface area (Å²) in [7, 11) is 0. The first-order valence-corrected chi connectivity index (χ1v) is 9.15. The molecular weight excluding hydrogens is 377 g/mol. The molecule has 2 fully saturated rings. The molecule has 1 aromatic heterocycles. The maximum absolute atomic E-state index is 12.5. The van der Waals surface area contributed by atoms with Crippen molar-refractivity contribution in [3.8, 4) is 0 Å². The van der Waals surface area contributed by atoms with Gasteiger partial charge in [-0.25, -0.2) is 4.98 Å². The first-order valence-electron chi connectivity index (χ1n) is 9.15. The van der Waals surface area contributed by atoms with Crippen molar-refractivity contribution in [3.05, 3.63) is 23.9 Å². The van der Waals surface area contributed by atoms with Gasteiger partial charge in [0.25, 0.3) is 0 Å². The molecular formula is C18H23F3N4O3. The summed E-state index contributed by atoms with van der Waals surface area (Å²) in [6, 6.07) is 3.71. The van der Waals surface area contributed by atoms with Crippen LogP contribution in [0.1, 0.15) is 18.9 Å². The van der Waals surface area contributed by atoms with E-state index >= 15 is 0 Å². The second-order valence-corrected chi connectivity index (χ2v) is 7.16. The number of morpholine rings is 1. The van der Waals surface area contributed by atoms with E-state index in [2.05, 4.69) is 15.2 Å². The normalized spacial score (nSPS) is 23.2. The van der Waals surface area contributed by atoms with Crippen LogP contribution in [0.15, 0.2) is 18.3 Å². The van der Waals surface area contributed by atoms with Crippen molar-refractivity contribution >= 4 is 17.6 Å². The molecule has 1 aromatic rings. The minimum Gasteiger partial charge on any atom is -0.375 e. The highest BCUT2D eigenvalue weighted by molar-refractivity contribution is 5.89. The molecule has 1 N–H and O–H groups in total. The van der Waals surface area contributed by atoms with E-state index in [0.29, 0.717) is 11.5 Å². The molecule has 10 heteroatoms. The third-order valence-electron chi connectivity index (χ3n) is 4.80. The zero-order valence-electron chi connectivity index (χ0n) is 15.5. The first-order chi connectivity index (χ1) is 13.2. The Morgan fingerprint density at radius 1 is 1.36 bits per heavy atom. The number of hydrogen-bond donors (Lipinski definition) is 1. The van der Waals surface area contributed by atoms with Gasteiger partial charge in [0.1, 0.15) is 12.4 Å². The number of halogens is 3. The average Bonchev–Trinajstić information content (AvgIpc) is 2.99. The predicted molar refractivity (Wildman–Crippen MR) is 94.5 cm³/mol. The number of hydrogen-bond acceptors (Lipinski definition) is 5. The Hall–Kier alpha value is -2.36. The summed E-state index contributed by atoms with van der Waals surface area (Å²) in [5.74, 6) is -1.02. The number of pyridine rings is 1. The van der Waals surface area contributed by atoms with Gasteiger partial charge in [-0.15, -0.1) is 0 Å². The molecule has 0 aromatic carbocycles. The Kier molecular flexibility index (Phi) is 6.07. The smallest absolute Gasteiger partial charge is 0.375 e. The number of nitrogens with zero attached hydrogens (tertiary/aromatic N) is 3. The third kappa shape index (κ3) is 5.34. The fraction of sp³-hybridized carbons (Fsp3) is 0.611. The highest BCUT2D eigenvalue weighted by Gasteiger charge is 2.40. The maximum Gasteiger partial charge on any atom is 0.406 e. The van der Waals surface area contributed by atoms with Gasteiger partial charge >= 0.3 is 6.18 Å². The molecule has 2 aliphatic heterocycles. The van der Waals surface area contributed by atoms with Gasteiger partial charge in [0.15, 0.2) is 0 Å². The molecule has 3 rings (SSSR count). The quantitative estimate of drug-likeness (QED) is 0.807. The van der Waals surface area contributed by atoms with Gasteiger partial charge in [0.05, 0.1) is 18.6 Å². The summed E-state index contributed by atoms with van der Waals surface area (Å²) in [6.07, 6.45) is -2.87. The fourth-order valence-corrected chi connectivity index (χ4v) is 3.39. The molecule has 0 saturated carbocycles. The number of amides is 2. The van der Waals surface area contributed by atoms with Crippen molar-refractivity contribution < 1.29 is 27.5 Å². The Morgan fingerprint density at radius 2 is 2.14 bits per heavy atom. The Bertz CT molecular complexity index is 711. The molecule has 2 amide bonds. The molecule has 3 heterocycles. The summed E-state index contributed by atoms with van der Waals surface area (Å²) in [5.41, 5.74) is 0.773. The Balaban J connectivity index is 1.49. The number of alkyl halides is 3. The van der Waals surface area contributed by atoms with Crippen molar-refractivity contribution in [2.75, 3.05) is 37.7 Å². The SMILES string of the molecule is CC1CN(c2ccc(CNC(=O)C3CC(=O)N(CC(F)(F)F)C3)cn2)CCO1. The molecule has 154 valence electrons. The molecule has 2 unspecified atom stereocenters. The van der Waals surface area contributed by atoms with Crippen LogP contribution in [0.4, 0.5) is 19.0 Å². The van der Waals surface area contributed by atoms with E-state index in [1.54, 1.807) is 6.20 Å². The van der Waals surface area contributed by atoms with Gasteiger partial charge < -0.3 is 19.9 Å². The molecule has 2 saturated heterocycles. The first kappa shape index (κ1) is 20.4. The Morgan fingerprint density at radius 3 is 2.79 bits per heavy atom. The lowest BCUT2D eigenvalue weighted by atomic mass is 10.1. The second kappa shape index (κ2) is 8.34. The predicted octanol–water partition coefficient (Wildman–Crippen LogP) is 1.33. The van der Waals surface area contributed by atoms with Gasteiger partial charge in [0, 0.05) is 38.8 Å². The second-order valence-electron chi connectivity index (χ2n) is 7.16. The van der Waals surface area contributed by atoms with Crippen molar-refractivity contribution in [1.29, 1.82) is 0 Å². The number of ether oxygens (including phenoxy) is 1. The van der Waals surface area contributed by atoms with Crippen LogP contribution in [-0.2, 0) is 20.9 Å². The van der Waals surface area contributed by atoms with Crippen molar-refractivity contribution in [1.82, 2.24) is 15.2 Å². The van der Waals surface area contributed by atoms with Crippen LogP contribution in [0.5, 0.6) is 0 Å². The molecule has 2 atom stereocenters. The lowest BCUT2D eigenvalue weighted by Crippen LogP contribution is -2.41. The average molecular weight is 400 g/mol. The van der Waals surface area contributed by atoms with Crippen LogP contribution in [0, 0.1) is 5.92 Å². The molecule has 0 radical (unpaired) electrons. The van der Waals surface area contributed by atoms with Crippen LogP contribution in [0.25, 0.3) is 0 Å². The maximum atomic E-state index is 12.5. The van der Waals surface area contributed by atoms with E-state index in [9.17, 15) is 22.8 Å². The summed E-state index contributed by atoms with van der Waals surface area (Å²) >= 11 is 0. The molecule has 0 spiro atoms. The number of carbonyl (C=O) groups is 2. The molecule has 0 aliphatic carbocycles. The molecule has 0 bridgehead atoms. The number of aromatic nitrogens is 1. The summed E-state index contributed by atoms with van der Waals surface area (Å²) < 4.78 is 42.9. The van der Waals surface area contributed by atoms with Gasteiger partial charge in [0.2, 0.25) is 11.8 Å². The monoisotopic (exact) mass is 400 g/mol.